The first kappa shape index (κ1) is 22.8. The molecule has 5 aromatic rings. The fourth-order valence-electron chi connectivity index (χ4n) is 4.88. The fraction of sp³-hybridized carbons (Fsp3) is 0.194. The van der Waals surface area contributed by atoms with Gasteiger partial charge < -0.3 is 0 Å². The van der Waals surface area contributed by atoms with Crippen LogP contribution in [0.5, 0.6) is 0 Å². The number of pyridine rings is 1. The van der Waals surface area contributed by atoms with Gasteiger partial charge in [0.1, 0.15) is 0 Å². The van der Waals surface area contributed by atoms with Crippen LogP contribution in [0, 0.1) is 0 Å². The Balaban J connectivity index is 1.81. The van der Waals surface area contributed by atoms with E-state index < -0.39 is 16.1 Å². The molecule has 170 valence electrons. The molecule has 0 aliphatic rings. The molecule has 0 N–H and O–H groups in total. The third kappa shape index (κ3) is 4.04. The minimum atomic E-state index is -1.35. The lowest BCUT2D eigenvalue weighted by Gasteiger charge is -2.20. The van der Waals surface area contributed by atoms with E-state index in [-0.39, 0.29) is 0 Å². The standard InChI is InChI=1S/C31H33NSi2/c1-33(2,3)24-17-13-22(14-18-24)29-26-10-7-8-11-27(26)30(31-28(29)12-9-21-32-31)23-15-19-25(20-16-23)34(4,5)6/h7-21H,1-6H3. The van der Waals surface area contributed by atoms with Crippen LogP contribution in [0.1, 0.15) is 0 Å². The average Bonchev–Trinajstić information content (AvgIpc) is 2.81. The molecule has 3 heteroatoms. The van der Waals surface area contributed by atoms with Crippen molar-refractivity contribution in [1.82, 2.24) is 4.98 Å². The third-order valence-electron chi connectivity index (χ3n) is 6.86. The molecule has 0 saturated carbocycles. The summed E-state index contributed by atoms with van der Waals surface area (Å²) in [5.41, 5.74) is 6.09. The summed E-state index contributed by atoms with van der Waals surface area (Å²) in [4.78, 5) is 4.94. The van der Waals surface area contributed by atoms with Gasteiger partial charge in [0.15, 0.2) is 0 Å². The van der Waals surface area contributed by atoms with Gasteiger partial charge in [-0.25, -0.2) is 0 Å². The van der Waals surface area contributed by atoms with E-state index in [9.17, 15) is 0 Å². The molecule has 0 aliphatic carbocycles. The zero-order chi connectivity index (χ0) is 24.1. The van der Waals surface area contributed by atoms with Crippen molar-refractivity contribution in [3.8, 4) is 22.3 Å². The zero-order valence-electron chi connectivity index (χ0n) is 21.1. The van der Waals surface area contributed by atoms with Crippen LogP contribution in [-0.4, -0.2) is 21.1 Å². The van der Waals surface area contributed by atoms with E-state index in [4.69, 9.17) is 4.98 Å². The van der Waals surface area contributed by atoms with Crippen molar-refractivity contribution < 1.29 is 0 Å². The number of benzene rings is 4. The van der Waals surface area contributed by atoms with Gasteiger partial charge in [-0.3, -0.25) is 4.98 Å². The summed E-state index contributed by atoms with van der Waals surface area (Å²) in [5.74, 6) is 0. The molecule has 1 nitrogen and oxygen atoms in total. The van der Waals surface area contributed by atoms with Crippen LogP contribution in [0.25, 0.3) is 43.9 Å². The summed E-state index contributed by atoms with van der Waals surface area (Å²) in [6.45, 7) is 14.4. The first-order valence-electron chi connectivity index (χ1n) is 12.2. The van der Waals surface area contributed by atoms with Crippen molar-refractivity contribution in [3.63, 3.8) is 0 Å². The maximum atomic E-state index is 4.94. The van der Waals surface area contributed by atoms with Gasteiger partial charge in [-0.2, -0.15) is 0 Å². The van der Waals surface area contributed by atoms with Gasteiger partial charge in [-0.15, -0.1) is 0 Å². The van der Waals surface area contributed by atoms with E-state index in [2.05, 4.69) is 124 Å². The maximum absolute atomic E-state index is 4.94. The van der Waals surface area contributed by atoms with Crippen molar-refractivity contribution in [1.29, 1.82) is 0 Å². The Kier molecular flexibility index (Phi) is 5.58. The van der Waals surface area contributed by atoms with E-state index in [0.29, 0.717) is 0 Å². The van der Waals surface area contributed by atoms with Crippen molar-refractivity contribution in [3.05, 3.63) is 91.1 Å². The molecule has 0 saturated heterocycles. The highest BCUT2D eigenvalue weighted by molar-refractivity contribution is 6.89. The lowest BCUT2D eigenvalue weighted by atomic mass is 9.88. The van der Waals surface area contributed by atoms with Gasteiger partial charge in [-0.05, 0) is 33.5 Å². The zero-order valence-corrected chi connectivity index (χ0v) is 23.1. The Morgan fingerprint density at radius 3 is 1.41 bits per heavy atom. The van der Waals surface area contributed by atoms with Gasteiger partial charge in [0.25, 0.3) is 0 Å². The first-order chi connectivity index (χ1) is 16.1. The van der Waals surface area contributed by atoms with Crippen LogP contribution in [-0.2, 0) is 0 Å². The predicted octanol–water partition coefficient (Wildman–Crippen LogP) is 7.81. The molecule has 1 heterocycles. The predicted molar refractivity (Wildman–Crippen MR) is 156 cm³/mol. The molecular weight excluding hydrogens is 443 g/mol. The van der Waals surface area contributed by atoms with Crippen molar-refractivity contribution in [2.24, 2.45) is 0 Å². The highest BCUT2D eigenvalue weighted by atomic mass is 28.3. The molecule has 0 spiro atoms. The molecule has 0 amide bonds. The third-order valence-corrected chi connectivity index (χ3v) is 11.0. The number of aromatic nitrogens is 1. The Morgan fingerprint density at radius 2 is 0.912 bits per heavy atom. The minimum absolute atomic E-state index is 1.08. The molecule has 0 radical (unpaired) electrons. The lowest BCUT2D eigenvalue weighted by Crippen LogP contribution is -2.37. The summed E-state index contributed by atoms with van der Waals surface area (Å²) < 4.78 is 0. The van der Waals surface area contributed by atoms with Crippen LogP contribution < -0.4 is 10.4 Å². The Labute approximate surface area is 205 Å². The van der Waals surface area contributed by atoms with Crippen molar-refractivity contribution in [2.45, 2.75) is 39.3 Å². The first-order valence-corrected chi connectivity index (χ1v) is 19.2. The topological polar surface area (TPSA) is 12.9 Å². The highest BCUT2D eigenvalue weighted by Crippen LogP contribution is 2.42. The summed E-state index contributed by atoms with van der Waals surface area (Å²) in [7, 11) is -2.69. The van der Waals surface area contributed by atoms with Gasteiger partial charge in [0.2, 0.25) is 0 Å². The second-order valence-electron chi connectivity index (χ2n) is 11.3. The fourth-order valence-corrected chi connectivity index (χ4v) is 7.21. The second-order valence-corrected chi connectivity index (χ2v) is 21.5. The molecular formula is C31H33NSi2. The Morgan fingerprint density at radius 1 is 0.471 bits per heavy atom. The van der Waals surface area contributed by atoms with Gasteiger partial charge in [-0.1, -0.05) is 129 Å². The van der Waals surface area contributed by atoms with Crippen LogP contribution in [0.2, 0.25) is 39.3 Å². The summed E-state index contributed by atoms with van der Waals surface area (Å²) in [6.07, 6.45) is 1.93. The molecule has 0 bridgehead atoms. The lowest BCUT2D eigenvalue weighted by molar-refractivity contribution is 1.42. The SMILES string of the molecule is C[Si](C)(C)c1ccc(-c2c3ccccc3c(-c3ccc([Si](C)(C)C)cc3)c3ncccc23)cc1. The van der Waals surface area contributed by atoms with Crippen LogP contribution >= 0.6 is 0 Å². The number of fused-ring (bicyclic) bond motifs is 2. The quantitative estimate of drug-likeness (QED) is 0.191. The van der Waals surface area contributed by atoms with Crippen molar-refractivity contribution >= 4 is 48.2 Å². The molecule has 4 aromatic carbocycles. The molecule has 34 heavy (non-hydrogen) atoms. The smallest absolute Gasteiger partial charge is 0.0792 e. The summed E-state index contributed by atoms with van der Waals surface area (Å²) >= 11 is 0. The monoisotopic (exact) mass is 475 g/mol. The van der Waals surface area contributed by atoms with Gasteiger partial charge >= 0.3 is 0 Å². The Bertz CT molecular complexity index is 1310. The number of rotatable bonds is 4. The minimum Gasteiger partial charge on any atom is -0.256 e. The van der Waals surface area contributed by atoms with Crippen LogP contribution in [0.3, 0.4) is 0 Å². The normalized spacial score (nSPS) is 12.4. The van der Waals surface area contributed by atoms with E-state index in [1.807, 2.05) is 6.20 Å². The van der Waals surface area contributed by atoms with E-state index in [1.165, 1.54) is 48.8 Å². The average molecular weight is 476 g/mol. The van der Waals surface area contributed by atoms with Gasteiger partial charge in [0, 0.05) is 17.1 Å². The summed E-state index contributed by atoms with van der Waals surface area (Å²) in [6, 6.07) is 31.7. The second kappa shape index (κ2) is 8.33. The molecule has 0 atom stereocenters. The Hall–Kier alpha value is -3.02. The molecule has 5 rings (SSSR count). The van der Waals surface area contributed by atoms with E-state index >= 15 is 0 Å². The van der Waals surface area contributed by atoms with Crippen LogP contribution in [0.15, 0.2) is 91.1 Å². The number of hydrogen-bond acceptors (Lipinski definition) is 1. The van der Waals surface area contributed by atoms with Crippen LogP contribution in [0.4, 0.5) is 0 Å². The largest absolute Gasteiger partial charge is 0.256 e. The molecule has 0 unspecified atom stereocenters. The highest BCUT2D eigenvalue weighted by Gasteiger charge is 2.20. The molecule has 1 aromatic heterocycles. The van der Waals surface area contributed by atoms with Gasteiger partial charge in [0.05, 0.1) is 21.7 Å². The molecule has 0 fully saturated rings. The van der Waals surface area contributed by atoms with E-state index in [0.717, 1.165) is 5.52 Å². The summed E-state index contributed by atoms with van der Waals surface area (Å²) in [5, 5.41) is 6.73. The molecule has 0 aliphatic heterocycles. The maximum Gasteiger partial charge on any atom is 0.0792 e. The van der Waals surface area contributed by atoms with Crippen molar-refractivity contribution in [2.75, 3.05) is 0 Å². The van der Waals surface area contributed by atoms with E-state index in [1.54, 1.807) is 0 Å². The number of hydrogen-bond donors (Lipinski definition) is 0. The number of nitrogens with zero attached hydrogens (tertiary/aromatic N) is 1.